The Kier molecular flexibility index (Phi) is 4.77. The van der Waals surface area contributed by atoms with E-state index in [1.165, 1.54) is 0 Å². The molecule has 0 fully saturated rings. The van der Waals surface area contributed by atoms with Crippen LogP contribution in [-0.4, -0.2) is 12.0 Å². The summed E-state index contributed by atoms with van der Waals surface area (Å²) in [6, 6.07) is 13.8. The van der Waals surface area contributed by atoms with Crippen LogP contribution in [0.4, 0.5) is 5.82 Å². The molecule has 0 aliphatic carbocycles. The zero-order valence-corrected chi connectivity index (χ0v) is 11.8. The topological polar surface area (TPSA) is 34.1 Å². The molecular weight excluding hydrogens is 260 g/mol. The van der Waals surface area contributed by atoms with E-state index >= 15 is 0 Å². The van der Waals surface area contributed by atoms with Crippen molar-refractivity contribution in [2.75, 3.05) is 12.4 Å². The van der Waals surface area contributed by atoms with Crippen LogP contribution in [0.25, 0.3) is 0 Å². The minimum absolute atomic E-state index is 0.0114. The summed E-state index contributed by atoms with van der Waals surface area (Å²) in [5.74, 6) is 0.787. The highest BCUT2D eigenvalue weighted by molar-refractivity contribution is 6.31. The smallest absolute Gasteiger partial charge is 0.126 e. The molecular formula is C15H17ClN2O. The molecule has 0 amide bonds. The molecule has 100 valence electrons. The van der Waals surface area contributed by atoms with Gasteiger partial charge >= 0.3 is 0 Å². The Bertz CT molecular complexity index is 531. The molecule has 19 heavy (non-hydrogen) atoms. The van der Waals surface area contributed by atoms with Gasteiger partial charge < -0.3 is 10.1 Å². The number of benzene rings is 1. The highest BCUT2D eigenvalue weighted by Crippen LogP contribution is 2.21. The van der Waals surface area contributed by atoms with Crippen LogP contribution in [0.2, 0.25) is 5.02 Å². The second-order valence-electron chi connectivity index (χ2n) is 4.24. The van der Waals surface area contributed by atoms with Crippen molar-refractivity contribution in [3.8, 4) is 0 Å². The summed E-state index contributed by atoms with van der Waals surface area (Å²) in [6.07, 6.45) is 0.0114. The fourth-order valence-corrected chi connectivity index (χ4v) is 1.91. The largest absolute Gasteiger partial charge is 0.373 e. The van der Waals surface area contributed by atoms with Crippen LogP contribution in [0.15, 0.2) is 42.5 Å². The fraction of sp³-hybridized carbons (Fsp3) is 0.267. The first kappa shape index (κ1) is 13.8. The molecule has 1 aromatic heterocycles. The summed E-state index contributed by atoms with van der Waals surface area (Å²) >= 11 is 6.11. The lowest BCUT2D eigenvalue weighted by Gasteiger charge is -2.14. The van der Waals surface area contributed by atoms with Gasteiger partial charge in [0.05, 0.1) is 23.4 Å². The zero-order valence-electron chi connectivity index (χ0n) is 11.1. The normalized spacial score (nSPS) is 12.2. The Balaban J connectivity index is 2.02. The molecule has 1 unspecified atom stereocenters. The summed E-state index contributed by atoms with van der Waals surface area (Å²) in [7, 11) is 1.83. The summed E-state index contributed by atoms with van der Waals surface area (Å²) < 4.78 is 5.82. The third-order valence-electron chi connectivity index (χ3n) is 2.91. The Hall–Kier alpha value is -1.58. The van der Waals surface area contributed by atoms with E-state index in [2.05, 4.69) is 10.3 Å². The van der Waals surface area contributed by atoms with E-state index in [0.717, 1.165) is 17.1 Å². The van der Waals surface area contributed by atoms with E-state index in [0.29, 0.717) is 11.6 Å². The second-order valence-corrected chi connectivity index (χ2v) is 4.65. The van der Waals surface area contributed by atoms with Crippen LogP contribution in [0.5, 0.6) is 0 Å². The van der Waals surface area contributed by atoms with Crippen LogP contribution in [0.3, 0.4) is 0 Å². The SMILES string of the molecule is CNc1ccc(Cl)c(COC(C)c2ccccc2)n1. The van der Waals surface area contributed by atoms with Crippen molar-refractivity contribution in [1.82, 2.24) is 4.98 Å². The first-order valence-corrected chi connectivity index (χ1v) is 6.58. The number of hydrogen-bond donors (Lipinski definition) is 1. The van der Waals surface area contributed by atoms with E-state index < -0.39 is 0 Å². The van der Waals surface area contributed by atoms with Gasteiger partial charge in [0.25, 0.3) is 0 Å². The number of ether oxygens (including phenoxy) is 1. The maximum absolute atomic E-state index is 6.11. The molecule has 3 nitrogen and oxygen atoms in total. The first-order chi connectivity index (χ1) is 9.20. The predicted molar refractivity (Wildman–Crippen MR) is 78.4 cm³/mol. The lowest BCUT2D eigenvalue weighted by atomic mass is 10.1. The molecule has 2 aromatic rings. The average molecular weight is 277 g/mol. The molecule has 4 heteroatoms. The number of anilines is 1. The van der Waals surface area contributed by atoms with Gasteiger partial charge in [0.15, 0.2) is 0 Å². The molecule has 1 heterocycles. The number of nitrogens with zero attached hydrogens (tertiary/aromatic N) is 1. The van der Waals surface area contributed by atoms with Crippen molar-refractivity contribution < 1.29 is 4.74 Å². The van der Waals surface area contributed by atoms with Crippen LogP contribution >= 0.6 is 11.6 Å². The summed E-state index contributed by atoms with van der Waals surface area (Å²) in [4.78, 5) is 4.39. The Morgan fingerprint density at radius 1 is 1.21 bits per heavy atom. The van der Waals surface area contributed by atoms with Crippen LogP contribution in [0.1, 0.15) is 24.3 Å². The maximum Gasteiger partial charge on any atom is 0.126 e. The highest BCUT2D eigenvalue weighted by Gasteiger charge is 2.08. The molecule has 1 atom stereocenters. The zero-order chi connectivity index (χ0) is 13.7. The molecule has 0 radical (unpaired) electrons. The van der Waals surface area contributed by atoms with Gasteiger partial charge in [0.2, 0.25) is 0 Å². The molecule has 0 spiro atoms. The average Bonchev–Trinajstić information content (AvgIpc) is 2.47. The number of aromatic nitrogens is 1. The molecule has 0 aliphatic heterocycles. The molecule has 0 bridgehead atoms. The minimum atomic E-state index is 0.0114. The molecule has 0 saturated heterocycles. The van der Waals surface area contributed by atoms with Gasteiger partial charge in [0, 0.05) is 7.05 Å². The number of pyridine rings is 1. The van der Waals surface area contributed by atoms with E-state index in [9.17, 15) is 0 Å². The van der Waals surface area contributed by atoms with Gasteiger partial charge in [-0.2, -0.15) is 0 Å². The summed E-state index contributed by atoms with van der Waals surface area (Å²) in [5.41, 5.74) is 1.89. The van der Waals surface area contributed by atoms with Crippen LogP contribution < -0.4 is 5.32 Å². The molecule has 0 aliphatic rings. The molecule has 1 N–H and O–H groups in total. The van der Waals surface area contributed by atoms with Gasteiger partial charge in [-0.05, 0) is 24.6 Å². The van der Waals surface area contributed by atoms with Gasteiger partial charge in [-0.25, -0.2) is 4.98 Å². The molecule has 2 rings (SSSR count). The third-order valence-corrected chi connectivity index (χ3v) is 3.26. The highest BCUT2D eigenvalue weighted by atomic mass is 35.5. The minimum Gasteiger partial charge on any atom is -0.373 e. The molecule has 0 saturated carbocycles. The maximum atomic E-state index is 6.11. The van der Waals surface area contributed by atoms with Gasteiger partial charge in [-0.1, -0.05) is 41.9 Å². The van der Waals surface area contributed by atoms with Crippen molar-refractivity contribution in [1.29, 1.82) is 0 Å². The predicted octanol–water partition coefficient (Wildman–Crippen LogP) is 4.05. The second kappa shape index (κ2) is 6.55. The monoisotopic (exact) mass is 276 g/mol. The van der Waals surface area contributed by atoms with Gasteiger partial charge in [0.1, 0.15) is 5.82 Å². The van der Waals surface area contributed by atoms with E-state index in [1.54, 1.807) is 0 Å². The van der Waals surface area contributed by atoms with Gasteiger partial charge in [-0.15, -0.1) is 0 Å². The Morgan fingerprint density at radius 2 is 1.95 bits per heavy atom. The van der Waals surface area contributed by atoms with Gasteiger partial charge in [-0.3, -0.25) is 0 Å². The number of hydrogen-bond acceptors (Lipinski definition) is 3. The Labute approximate surface area is 118 Å². The lowest BCUT2D eigenvalue weighted by Crippen LogP contribution is -2.03. The van der Waals surface area contributed by atoms with E-state index in [1.807, 2.05) is 56.4 Å². The Morgan fingerprint density at radius 3 is 2.63 bits per heavy atom. The molecule has 1 aromatic carbocycles. The van der Waals surface area contributed by atoms with Crippen LogP contribution in [-0.2, 0) is 11.3 Å². The standard InChI is InChI=1S/C15H17ClN2O/c1-11(12-6-4-3-5-7-12)19-10-14-13(16)8-9-15(17-2)18-14/h3-9,11H,10H2,1-2H3,(H,17,18). The van der Waals surface area contributed by atoms with Crippen molar-refractivity contribution in [3.63, 3.8) is 0 Å². The third kappa shape index (κ3) is 3.69. The first-order valence-electron chi connectivity index (χ1n) is 6.20. The van der Waals surface area contributed by atoms with E-state index in [4.69, 9.17) is 16.3 Å². The summed E-state index contributed by atoms with van der Waals surface area (Å²) in [5, 5.41) is 3.61. The quantitative estimate of drug-likeness (QED) is 0.894. The van der Waals surface area contributed by atoms with Crippen molar-refractivity contribution in [2.24, 2.45) is 0 Å². The van der Waals surface area contributed by atoms with Crippen molar-refractivity contribution >= 4 is 17.4 Å². The number of nitrogens with one attached hydrogen (secondary N) is 1. The van der Waals surface area contributed by atoms with Crippen LogP contribution in [0, 0.1) is 0 Å². The lowest BCUT2D eigenvalue weighted by molar-refractivity contribution is 0.0506. The van der Waals surface area contributed by atoms with E-state index in [-0.39, 0.29) is 6.10 Å². The number of rotatable bonds is 5. The fourth-order valence-electron chi connectivity index (χ4n) is 1.75. The number of halogens is 1. The summed E-state index contributed by atoms with van der Waals surface area (Å²) in [6.45, 7) is 2.41. The van der Waals surface area contributed by atoms with Crippen molar-refractivity contribution in [2.45, 2.75) is 19.6 Å². The van der Waals surface area contributed by atoms with Crippen molar-refractivity contribution in [3.05, 3.63) is 58.7 Å².